The second kappa shape index (κ2) is 5.17. The van der Waals surface area contributed by atoms with E-state index >= 15 is 0 Å². The number of Topliss-reactive ketones (excluding diaryl/α,β-unsaturated/α-hetero) is 1. The third kappa shape index (κ3) is 2.86. The van der Waals surface area contributed by atoms with Gasteiger partial charge in [-0.05, 0) is 30.5 Å². The molecule has 0 aliphatic carbocycles. The molecule has 3 nitrogen and oxygen atoms in total. The van der Waals surface area contributed by atoms with E-state index in [1.807, 2.05) is 23.9 Å². The van der Waals surface area contributed by atoms with Crippen molar-refractivity contribution in [1.29, 1.82) is 0 Å². The summed E-state index contributed by atoms with van der Waals surface area (Å²) in [6.45, 7) is 4.15. The summed E-state index contributed by atoms with van der Waals surface area (Å²) in [7, 11) is 1.91. The maximum absolute atomic E-state index is 12.0. The maximum atomic E-state index is 12.0. The van der Waals surface area contributed by atoms with E-state index in [-0.39, 0.29) is 5.78 Å². The van der Waals surface area contributed by atoms with Crippen LogP contribution < -0.4 is 0 Å². The standard InChI is InChI=1S/C15H18N2O/c1-11-4-5-13(8-12(11)2)9-14(18)10-15-16-6-7-17(15)3/h4-8H,9-10H2,1-3H3. The summed E-state index contributed by atoms with van der Waals surface area (Å²) >= 11 is 0. The predicted molar refractivity (Wildman–Crippen MR) is 71.5 cm³/mol. The first-order chi connectivity index (χ1) is 8.56. The molecule has 0 fully saturated rings. The molecule has 3 heteroatoms. The van der Waals surface area contributed by atoms with Gasteiger partial charge in [0.2, 0.25) is 0 Å². The molecule has 2 rings (SSSR count). The van der Waals surface area contributed by atoms with Crippen molar-refractivity contribution in [2.75, 3.05) is 0 Å². The first-order valence-electron chi connectivity index (χ1n) is 6.10. The average molecular weight is 242 g/mol. The van der Waals surface area contributed by atoms with Crippen molar-refractivity contribution in [1.82, 2.24) is 9.55 Å². The normalized spacial score (nSPS) is 10.6. The number of hydrogen-bond acceptors (Lipinski definition) is 2. The minimum Gasteiger partial charge on any atom is -0.338 e. The molecule has 0 atom stereocenters. The molecule has 1 heterocycles. The van der Waals surface area contributed by atoms with Gasteiger partial charge in [0.1, 0.15) is 11.6 Å². The van der Waals surface area contributed by atoms with Crippen molar-refractivity contribution in [3.05, 3.63) is 53.1 Å². The number of nitrogens with zero attached hydrogens (tertiary/aromatic N) is 2. The Morgan fingerprint density at radius 3 is 2.61 bits per heavy atom. The summed E-state index contributed by atoms with van der Waals surface area (Å²) in [5.41, 5.74) is 3.57. The molecule has 0 radical (unpaired) electrons. The summed E-state index contributed by atoms with van der Waals surface area (Å²) in [4.78, 5) is 16.1. The number of carbonyl (C=O) groups is 1. The van der Waals surface area contributed by atoms with Crippen LogP contribution in [0, 0.1) is 13.8 Å². The van der Waals surface area contributed by atoms with Crippen LogP contribution in [0.2, 0.25) is 0 Å². The van der Waals surface area contributed by atoms with E-state index in [4.69, 9.17) is 0 Å². The van der Waals surface area contributed by atoms with Crippen LogP contribution in [0.3, 0.4) is 0 Å². The molecule has 1 aromatic carbocycles. The number of rotatable bonds is 4. The lowest BCUT2D eigenvalue weighted by molar-refractivity contribution is -0.117. The lowest BCUT2D eigenvalue weighted by Crippen LogP contribution is -2.10. The summed E-state index contributed by atoms with van der Waals surface area (Å²) in [5.74, 6) is 1.02. The van der Waals surface area contributed by atoms with Gasteiger partial charge in [0, 0.05) is 25.9 Å². The molecule has 18 heavy (non-hydrogen) atoms. The summed E-state index contributed by atoms with van der Waals surface area (Å²) < 4.78 is 1.89. The Bertz CT molecular complexity index is 570. The lowest BCUT2D eigenvalue weighted by Gasteiger charge is -2.05. The number of carbonyl (C=O) groups excluding carboxylic acids is 1. The zero-order chi connectivity index (χ0) is 13.1. The van der Waals surface area contributed by atoms with Gasteiger partial charge in [-0.1, -0.05) is 18.2 Å². The first kappa shape index (κ1) is 12.6. The highest BCUT2D eigenvalue weighted by Crippen LogP contribution is 2.11. The van der Waals surface area contributed by atoms with E-state index < -0.39 is 0 Å². The highest BCUT2D eigenvalue weighted by molar-refractivity contribution is 5.82. The van der Waals surface area contributed by atoms with E-state index in [0.29, 0.717) is 12.8 Å². The van der Waals surface area contributed by atoms with Gasteiger partial charge >= 0.3 is 0 Å². The highest BCUT2D eigenvalue weighted by Gasteiger charge is 2.09. The minimum atomic E-state index is 0.201. The summed E-state index contributed by atoms with van der Waals surface area (Å²) in [6.07, 6.45) is 4.46. The molecule has 94 valence electrons. The number of ketones is 1. The van der Waals surface area contributed by atoms with E-state index in [1.54, 1.807) is 6.20 Å². The molecule has 2 aromatic rings. The summed E-state index contributed by atoms with van der Waals surface area (Å²) in [5, 5.41) is 0. The van der Waals surface area contributed by atoms with Crippen molar-refractivity contribution in [2.24, 2.45) is 7.05 Å². The number of benzene rings is 1. The number of hydrogen-bond donors (Lipinski definition) is 0. The molecular weight excluding hydrogens is 224 g/mol. The molecule has 0 amide bonds. The number of imidazole rings is 1. The molecule has 0 spiro atoms. The van der Waals surface area contributed by atoms with Crippen LogP contribution in [-0.4, -0.2) is 15.3 Å². The largest absolute Gasteiger partial charge is 0.338 e. The van der Waals surface area contributed by atoms with Gasteiger partial charge in [0.25, 0.3) is 0 Å². The Hall–Kier alpha value is -1.90. The molecule has 1 aromatic heterocycles. The average Bonchev–Trinajstić information content (AvgIpc) is 2.70. The van der Waals surface area contributed by atoms with Crippen LogP contribution in [0.25, 0.3) is 0 Å². The van der Waals surface area contributed by atoms with Gasteiger partial charge in [0.05, 0.1) is 6.42 Å². The van der Waals surface area contributed by atoms with Crippen LogP contribution in [0.15, 0.2) is 30.6 Å². The van der Waals surface area contributed by atoms with Gasteiger partial charge in [-0.25, -0.2) is 4.98 Å². The number of aromatic nitrogens is 2. The van der Waals surface area contributed by atoms with Crippen molar-refractivity contribution in [3.8, 4) is 0 Å². The quantitative estimate of drug-likeness (QED) is 0.825. The van der Waals surface area contributed by atoms with Crippen molar-refractivity contribution < 1.29 is 4.79 Å². The summed E-state index contributed by atoms with van der Waals surface area (Å²) in [6, 6.07) is 6.18. The maximum Gasteiger partial charge on any atom is 0.144 e. The van der Waals surface area contributed by atoms with Crippen LogP contribution in [-0.2, 0) is 24.7 Å². The second-order valence-corrected chi connectivity index (χ2v) is 4.77. The van der Waals surface area contributed by atoms with Crippen molar-refractivity contribution in [3.63, 3.8) is 0 Å². The minimum absolute atomic E-state index is 0.201. The fourth-order valence-corrected chi connectivity index (χ4v) is 1.95. The Labute approximate surface area is 107 Å². The predicted octanol–water partition coefficient (Wildman–Crippen LogP) is 2.39. The molecule has 0 aliphatic heterocycles. The molecule has 0 saturated heterocycles. The Kier molecular flexibility index (Phi) is 3.60. The molecule has 0 unspecified atom stereocenters. The van der Waals surface area contributed by atoms with Gasteiger partial charge < -0.3 is 4.57 Å². The van der Waals surface area contributed by atoms with E-state index in [9.17, 15) is 4.79 Å². The van der Waals surface area contributed by atoms with Crippen LogP contribution in [0.1, 0.15) is 22.5 Å². The van der Waals surface area contributed by atoms with Crippen LogP contribution in [0.5, 0.6) is 0 Å². The zero-order valence-electron chi connectivity index (χ0n) is 11.1. The lowest BCUT2D eigenvalue weighted by atomic mass is 10.0. The van der Waals surface area contributed by atoms with Crippen LogP contribution in [0.4, 0.5) is 0 Å². The molecule has 0 N–H and O–H groups in total. The van der Waals surface area contributed by atoms with E-state index in [1.165, 1.54) is 11.1 Å². The molecule has 0 bridgehead atoms. The molecule has 0 aliphatic rings. The number of aryl methyl sites for hydroxylation is 3. The van der Waals surface area contributed by atoms with Gasteiger partial charge in [0.15, 0.2) is 0 Å². The highest BCUT2D eigenvalue weighted by atomic mass is 16.1. The fraction of sp³-hybridized carbons (Fsp3) is 0.333. The van der Waals surface area contributed by atoms with Crippen LogP contribution >= 0.6 is 0 Å². The Balaban J connectivity index is 2.03. The monoisotopic (exact) mass is 242 g/mol. The van der Waals surface area contributed by atoms with Crippen molar-refractivity contribution in [2.45, 2.75) is 26.7 Å². The van der Waals surface area contributed by atoms with Gasteiger partial charge in [-0.15, -0.1) is 0 Å². The first-order valence-corrected chi connectivity index (χ1v) is 6.10. The van der Waals surface area contributed by atoms with E-state index in [2.05, 4.69) is 31.0 Å². The smallest absolute Gasteiger partial charge is 0.144 e. The van der Waals surface area contributed by atoms with E-state index in [0.717, 1.165) is 11.4 Å². The third-order valence-electron chi connectivity index (χ3n) is 3.25. The SMILES string of the molecule is Cc1ccc(CC(=O)Cc2nccn2C)cc1C. The fourth-order valence-electron chi connectivity index (χ4n) is 1.95. The van der Waals surface area contributed by atoms with Crippen molar-refractivity contribution >= 4 is 5.78 Å². The van der Waals surface area contributed by atoms with Gasteiger partial charge in [-0.3, -0.25) is 4.79 Å². The second-order valence-electron chi connectivity index (χ2n) is 4.77. The topological polar surface area (TPSA) is 34.9 Å². The Morgan fingerprint density at radius 2 is 2.00 bits per heavy atom. The zero-order valence-corrected chi connectivity index (χ0v) is 11.1. The third-order valence-corrected chi connectivity index (χ3v) is 3.25. The van der Waals surface area contributed by atoms with Gasteiger partial charge in [-0.2, -0.15) is 0 Å². The molecular formula is C15H18N2O. The Morgan fingerprint density at radius 1 is 1.22 bits per heavy atom. The molecule has 0 saturated carbocycles.